The summed E-state index contributed by atoms with van der Waals surface area (Å²) in [5.74, 6) is 1.74. The number of hydrogen-bond acceptors (Lipinski definition) is 2. The third-order valence-electron chi connectivity index (χ3n) is 4.93. The fraction of sp³-hybridized carbons (Fsp3) is 1.00. The first-order valence-electron chi connectivity index (χ1n) is 7.69. The maximum absolute atomic E-state index is 3.98. The van der Waals surface area contributed by atoms with Gasteiger partial charge >= 0.3 is 0 Å². The molecule has 0 aromatic rings. The average molecular weight is 238 g/mol. The van der Waals surface area contributed by atoms with E-state index in [0.29, 0.717) is 0 Å². The molecule has 3 unspecified atom stereocenters. The van der Waals surface area contributed by atoms with Crippen LogP contribution in [0.25, 0.3) is 0 Å². The number of nitrogens with one attached hydrogen (secondary N) is 1. The molecule has 100 valence electrons. The van der Waals surface area contributed by atoms with E-state index in [0.717, 1.165) is 23.9 Å². The van der Waals surface area contributed by atoms with Crippen LogP contribution < -0.4 is 5.32 Å². The van der Waals surface area contributed by atoms with Gasteiger partial charge in [-0.2, -0.15) is 0 Å². The van der Waals surface area contributed by atoms with Crippen molar-refractivity contribution >= 4 is 0 Å². The highest BCUT2D eigenvalue weighted by Gasteiger charge is 2.30. The van der Waals surface area contributed by atoms with Gasteiger partial charge in [-0.1, -0.05) is 27.2 Å². The average Bonchev–Trinajstić information content (AvgIpc) is 2.34. The summed E-state index contributed by atoms with van der Waals surface area (Å²) in [5.41, 5.74) is 0. The van der Waals surface area contributed by atoms with Crippen molar-refractivity contribution in [1.82, 2.24) is 10.2 Å². The second-order valence-corrected chi connectivity index (χ2v) is 6.31. The molecule has 0 aromatic carbocycles. The van der Waals surface area contributed by atoms with Gasteiger partial charge in [0.05, 0.1) is 0 Å². The Morgan fingerprint density at radius 3 is 2.41 bits per heavy atom. The number of hydrogen-bond donors (Lipinski definition) is 1. The van der Waals surface area contributed by atoms with Crippen LogP contribution in [0.4, 0.5) is 0 Å². The van der Waals surface area contributed by atoms with Crippen molar-refractivity contribution < 1.29 is 0 Å². The highest BCUT2D eigenvalue weighted by Crippen LogP contribution is 2.29. The Labute approximate surface area is 107 Å². The van der Waals surface area contributed by atoms with Gasteiger partial charge in [0.1, 0.15) is 0 Å². The van der Waals surface area contributed by atoms with Gasteiger partial charge in [0, 0.05) is 18.6 Å². The summed E-state index contributed by atoms with van der Waals surface area (Å²) in [7, 11) is 0. The highest BCUT2D eigenvalue weighted by atomic mass is 15.2. The third-order valence-corrected chi connectivity index (χ3v) is 4.93. The Morgan fingerprint density at radius 1 is 1.06 bits per heavy atom. The summed E-state index contributed by atoms with van der Waals surface area (Å²) in [4.78, 5) is 2.60. The molecule has 1 aliphatic heterocycles. The molecule has 0 radical (unpaired) electrons. The molecule has 2 rings (SSSR count). The molecule has 0 spiro atoms. The van der Waals surface area contributed by atoms with Crippen LogP contribution in [0.2, 0.25) is 0 Å². The van der Waals surface area contributed by atoms with E-state index in [-0.39, 0.29) is 0 Å². The number of nitrogens with zero attached hydrogens (tertiary/aromatic N) is 1. The molecule has 3 atom stereocenters. The molecule has 2 fully saturated rings. The molecule has 1 saturated heterocycles. The molecular formula is C15H30N2. The standard InChI is InChI=1S/C15H30N2/c1-4-17-10-6-9-14(11-17)16-15-12(2)7-5-8-13(15)3/h12-16H,4-11H2,1-3H3. The Morgan fingerprint density at radius 2 is 1.76 bits per heavy atom. The quantitative estimate of drug-likeness (QED) is 0.813. The molecule has 2 nitrogen and oxygen atoms in total. The van der Waals surface area contributed by atoms with Gasteiger partial charge < -0.3 is 10.2 Å². The molecule has 2 heteroatoms. The molecule has 17 heavy (non-hydrogen) atoms. The molecule has 2 aliphatic rings. The molecule has 0 amide bonds. The second-order valence-electron chi connectivity index (χ2n) is 6.31. The summed E-state index contributed by atoms with van der Waals surface area (Å²) >= 11 is 0. The first-order valence-corrected chi connectivity index (χ1v) is 7.69. The number of piperidine rings is 1. The molecular weight excluding hydrogens is 208 g/mol. The van der Waals surface area contributed by atoms with Crippen molar-refractivity contribution in [1.29, 1.82) is 0 Å². The summed E-state index contributed by atoms with van der Waals surface area (Å²) in [6.45, 7) is 11.0. The van der Waals surface area contributed by atoms with Gasteiger partial charge in [-0.3, -0.25) is 0 Å². The van der Waals surface area contributed by atoms with Gasteiger partial charge in [-0.05, 0) is 50.6 Å². The van der Waals surface area contributed by atoms with Crippen LogP contribution in [-0.2, 0) is 0 Å². The maximum atomic E-state index is 3.98. The number of likely N-dealkylation sites (N-methyl/N-ethyl adjacent to an activating group) is 1. The van der Waals surface area contributed by atoms with Crippen molar-refractivity contribution in [3.63, 3.8) is 0 Å². The fourth-order valence-electron chi connectivity index (χ4n) is 3.76. The van der Waals surface area contributed by atoms with Gasteiger partial charge in [-0.15, -0.1) is 0 Å². The molecule has 1 heterocycles. The fourth-order valence-corrected chi connectivity index (χ4v) is 3.76. The minimum atomic E-state index is 0.747. The Kier molecular flexibility index (Phi) is 4.87. The molecule has 1 aliphatic carbocycles. The normalized spacial score (nSPS) is 40.4. The van der Waals surface area contributed by atoms with Crippen LogP contribution in [-0.4, -0.2) is 36.6 Å². The Bertz CT molecular complexity index is 219. The topological polar surface area (TPSA) is 15.3 Å². The SMILES string of the molecule is CCN1CCCC(NC2C(C)CCCC2C)C1. The predicted molar refractivity (Wildman–Crippen MR) is 74.2 cm³/mol. The lowest BCUT2D eigenvalue weighted by Crippen LogP contribution is -2.53. The van der Waals surface area contributed by atoms with E-state index >= 15 is 0 Å². The van der Waals surface area contributed by atoms with E-state index in [2.05, 4.69) is 31.0 Å². The van der Waals surface area contributed by atoms with Crippen LogP contribution in [0.5, 0.6) is 0 Å². The zero-order chi connectivity index (χ0) is 12.3. The van der Waals surface area contributed by atoms with E-state index in [1.807, 2.05) is 0 Å². The largest absolute Gasteiger partial charge is 0.309 e. The monoisotopic (exact) mass is 238 g/mol. The van der Waals surface area contributed by atoms with Gasteiger partial charge in [0.15, 0.2) is 0 Å². The van der Waals surface area contributed by atoms with E-state index in [1.54, 1.807) is 0 Å². The lowest BCUT2D eigenvalue weighted by atomic mass is 9.78. The van der Waals surface area contributed by atoms with Crippen LogP contribution in [0.15, 0.2) is 0 Å². The second kappa shape index (κ2) is 6.19. The van der Waals surface area contributed by atoms with E-state index < -0.39 is 0 Å². The summed E-state index contributed by atoms with van der Waals surface area (Å²) in [6, 6.07) is 1.52. The first-order chi connectivity index (χ1) is 8.20. The van der Waals surface area contributed by atoms with Crippen molar-refractivity contribution in [2.24, 2.45) is 11.8 Å². The maximum Gasteiger partial charge on any atom is 0.0198 e. The first kappa shape index (κ1) is 13.4. The summed E-state index contributed by atoms with van der Waals surface area (Å²) < 4.78 is 0. The van der Waals surface area contributed by atoms with E-state index in [9.17, 15) is 0 Å². The van der Waals surface area contributed by atoms with Crippen molar-refractivity contribution in [2.75, 3.05) is 19.6 Å². The Hall–Kier alpha value is -0.0800. The van der Waals surface area contributed by atoms with Crippen molar-refractivity contribution in [2.45, 2.75) is 65.0 Å². The van der Waals surface area contributed by atoms with Crippen molar-refractivity contribution in [3.8, 4) is 0 Å². The van der Waals surface area contributed by atoms with E-state index in [4.69, 9.17) is 0 Å². The smallest absolute Gasteiger partial charge is 0.0198 e. The zero-order valence-electron chi connectivity index (χ0n) is 11.9. The van der Waals surface area contributed by atoms with Crippen LogP contribution in [0.1, 0.15) is 52.9 Å². The van der Waals surface area contributed by atoms with Crippen molar-refractivity contribution in [3.05, 3.63) is 0 Å². The number of likely N-dealkylation sites (tertiary alicyclic amines) is 1. The van der Waals surface area contributed by atoms with Gasteiger partial charge in [-0.25, -0.2) is 0 Å². The lowest BCUT2D eigenvalue weighted by molar-refractivity contribution is 0.143. The van der Waals surface area contributed by atoms with Crippen LogP contribution >= 0.6 is 0 Å². The van der Waals surface area contributed by atoms with E-state index in [1.165, 1.54) is 51.7 Å². The highest BCUT2D eigenvalue weighted by molar-refractivity contribution is 4.88. The minimum Gasteiger partial charge on any atom is -0.309 e. The van der Waals surface area contributed by atoms with Gasteiger partial charge in [0.2, 0.25) is 0 Å². The molecule has 0 bridgehead atoms. The predicted octanol–water partition coefficient (Wildman–Crippen LogP) is 2.89. The summed E-state index contributed by atoms with van der Waals surface area (Å²) in [6.07, 6.45) is 7.04. The third kappa shape index (κ3) is 3.45. The number of rotatable bonds is 3. The molecule has 1 N–H and O–H groups in total. The Balaban J connectivity index is 1.86. The van der Waals surface area contributed by atoms with Crippen LogP contribution in [0, 0.1) is 11.8 Å². The molecule has 1 saturated carbocycles. The zero-order valence-corrected chi connectivity index (χ0v) is 11.9. The minimum absolute atomic E-state index is 0.747. The summed E-state index contributed by atoms with van der Waals surface area (Å²) in [5, 5.41) is 3.98. The molecule has 0 aromatic heterocycles. The van der Waals surface area contributed by atoms with Crippen LogP contribution in [0.3, 0.4) is 0 Å². The lowest BCUT2D eigenvalue weighted by Gasteiger charge is -2.41. The van der Waals surface area contributed by atoms with Gasteiger partial charge in [0.25, 0.3) is 0 Å².